The average Bonchev–Trinajstić information content (AvgIpc) is 3.35. The number of rotatable bonds is 4. The van der Waals surface area contributed by atoms with Crippen LogP contribution in [0.2, 0.25) is 0 Å². The van der Waals surface area contributed by atoms with Crippen molar-refractivity contribution in [2.45, 2.75) is 0 Å². The summed E-state index contributed by atoms with van der Waals surface area (Å²) in [5.41, 5.74) is 4.07. The summed E-state index contributed by atoms with van der Waals surface area (Å²) in [4.78, 5) is 0. The second-order valence-electron chi connectivity index (χ2n) is 7.94. The number of benzene rings is 5. The smallest absolute Gasteiger partial charge is 0.423 e. The van der Waals surface area contributed by atoms with E-state index in [1.54, 1.807) is 12.1 Å². The monoisotopic (exact) mass is 446 g/mol. The van der Waals surface area contributed by atoms with Crippen LogP contribution in [0.3, 0.4) is 0 Å². The first-order valence-corrected chi connectivity index (χ1v) is 10.8. The van der Waals surface area contributed by atoms with Crippen LogP contribution in [0.15, 0.2) is 121 Å². The summed E-state index contributed by atoms with van der Waals surface area (Å²) >= 11 is 0. The van der Waals surface area contributed by atoms with E-state index in [1.807, 2.05) is 66.7 Å². The molecule has 0 fully saturated rings. The lowest BCUT2D eigenvalue weighted by Crippen LogP contribution is -2.29. The minimum atomic E-state index is -2.20. The Bertz CT molecular complexity index is 1970. The first-order valence-electron chi connectivity index (χ1n) is 14.3. The van der Waals surface area contributed by atoms with Gasteiger partial charge in [-0.15, -0.1) is 0 Å². The first-order chi connectivity index (χ1) is 19.6. The van der Waals surface area contributed by atoms with E-state index >= 15 is 0 Å². The summed E-state index contributed by atoms with van der Waals surface area (Å²) in [6.07, 6.45) is 0. The lowest BCUT2D eigenvalue weighted by molar-refractivity contribution is 0.426. The van der Waals surface area contributed by atoms with Crippen LogP contribution < -0.4 is 5.46 Å². The van der Waals surface area contributed by atoms with Gasteiger partial charge in [0.25, 0.3) is 0 Å². The van der Waals surface area contributed by atoms with Crippen molar-refractivity contribution in [3.63, 3.8) is 0 Å². The van der Waals surface area contributed by atoms with Crippen molar-refractivity contribution in [2.24, 2.45) is 0 Å². The maximum Gasteiger partial charge on any atom is 0.488 e. The molecule has 0 aliphatic carbocycles. The Labute approximate surface area is 208 Å². The minimum absolute atomic E-state index is 0.0198. The summed E-state index contributed by atoms with van der Waals surface area (Å²) in [6, 6.07) is 22.1. The molecule has 0 unspecified atom stereocenters. The quantitative estimate of drug-likeness (QED) is 0.337. The van der Waals surface area contributed by atoms with Crippen molar-refractivity contribution in [3.05, 3.63) is 121 Å². The molecule has 0 aliphatic rings. The molecular weight excluding hydrogens is 417 g/mol. The Kier molecular flexibility index (Phi) is 3.49. The Hall–Kier alpha value is -4.12. The third-order valence-electron chi connectivity index (χ3n) is 5.89. The lowest BCUT2D eigenvalue weighted by Gasteiger charge is -2.10. The van der Waals surface area contributed by atoms with Gasteiger partial charge in [-0.2, -0.15) is 0 Å². The number of para-hydroxylation sites is 1. The highest BCUT2D eigenvalue weighted by Crippen LogP contribution is 2.32. The lowest BCUT2D eigenvalue weighted by atomic mass is 9.80. The zero-order chi connectivity index (χ0) is 29.2. The van der Waals surface area contributed by atoms with Gasteiger partial charge in [-0.25, -0.2) is 0 Å². The molecule has 6 aromatic rings. The molecule has 1 heterocycles. The number of hydrogen-bond donors (Lipinski definition) is 2. The third-order valence-corrected chi connectivity index (χ3v) is 5.89. The molecule has 1 aromatic heterocycles. The summed E-state index contributed by atoms with van der Waals surface area (Å²) in [5.74, 6) is 0. The Morgan fingerprint density at radius 1 is 0.588 bits per heavy atom. The van der Waals surface area contributed by atoms with Crippen molar-refractivity contribution in [2.75, 3.05) is 0 Å². The molecule has 0 aliphatic heterocycles. The second kappa shape index (κ2) is 8.34. The van der Waals surface area contributed by atoms with Crippen molar-refractivity contribution >= 4 is 34.4 Å². The van der Waals surface area contributed by atoms with E-state index in [1.165, 1.54) is 4.57 Å². The van der Waals surface area contributed by atoms with Crippen molar-refractivity contribution in [1.82, 2.24) is 4.57 Å². The van der Waals surface area contributed by atoms with Gasteiger partial charge in [0.15, 0.2) is 0 Å². The van der Waals surface area contributed by atoms with Gasteiger partial charge in [0, 0.05) is 16.5 Å². The molecule has 2 N–H and O–H groups in total. The van der Waals surface area contributed by atoms with Crippen LogP contribution in [0.5, 0.6) is 0 Å². The van der Waals surface area contributed by atoms with E-state index in [0.29, 0.717) is 5.69 Å². The molecule has 4 heteroatoms. The van der Waals surface area contributed by atoms with Crippen LogP contribution in [0.4, 0.5) is 0 Å². The third kappa shape index (κ3) is 3.50. The molecule has 5 aromatic carbocycles. The highest BCUT2D eigenvalue weighted by Gasteiger charge is 2.16. The predicted octanol–water partition coefficient (Wildman–Crippen LogP) is 5.80. The van der Waals surface area contributed by atoms with Gasteiger partial charge in [0.1, 0.15) is 0 Å². The number of aromatic nitrogens is 1. The number of fused-ring (bicyclic) bond motifs is 3. The van der Waals surface area contributed by atoms with Crippen LogP contribution >= 0.6 is 0 Å². The van der Waals surface area contributed by atoms with Crippen LogP contribution in [0.25, 0.3) is 49.7 Å². The van der Waals surface area contributed by atoms with Gasteiger partial charge in [0.05, 0.1) is 20.6 Å². The molecule has 6 rings (SSSR count). The number of hydrogen-bond acceptors (Lipinski definition) is 2. The largest absolute Gasteiger partial charge is 0.488 e. The molecule has 3 nitrogen and oxygen atoms in total. The molecule has 0 saturated heterocycles. The van der Waals surface area contributed by atoms with Gasteiger partial charge in [-0.1, -0.05) is 96.9 Å². The van der Waals surface area contributed by atoms with E-state index in [-0.39, 0.29) is 27.8 Å². The van der Waals surface area contributed by atoms with E-state index in [4.69, 9.17) is 9.60 Å². The maximum atomic E-state index is 9.88. The fourth-order valence-electron chi connectivity index (χ4n) is 4.21. The molecule has 0 bridgehead atoms. The highest BCUT2D eigenvalue weighted by atomic mass is 16.4. The van der Waals surface area contributed by atoms with Crippen LogP contribution in [-0.4, -0.2) is 21.7 Å². The van der Waals surface area contributed by atoms with Gasteiger partial charge in [0.2, 0.25) is 0 Å². The second-order valence-corrected chi connectivity index (χ2v) is 7.94. The average molecular weight is 446 g/mol. The maximum absolute atomic E-state index is 9.88. The Morgan fingerprint density at radius 3 is 1.79 bits per heavy atom. The first kappa shape index (κ1) is 14.2. The van der Waals surface area contributed by atoms with Gasteiger partial charge < -0.3 is 14.6 Å². The molecule has 0 amide bonds. The van der Waals surface area contributed by atoms with Gasteiger partial charge in [-0.3, -0.25) is 0 Å². The zero-order valence-electron chi connectivity index (χ0n) is 24.9. The van der Waals surface area contributed by atoms with Gasteiger partial charge in [-0.05, 0) is 51.9 Å². The minimum Gasteiger partial charge on any atom is -0.423 e. The molecule has 0 atom stereocenters. The molecule has 0 spiro atoms. The molecule has 34 heavy (non-hydrogen) atoms. The Morgan fingerprint density at radius 2 is 1.15 bits per heavy atom. The van der Waals surface area contributed by atoms with E-state index < -0.39 is 48.8 Å². The van der Waals surface area contributed by atoms with Crippen LogP contribution in [-0.2, 0) is 0 Å². The highest BCUT2D eigenvalue weighted by molar-refractivity contribution is 6.59. The van der Waals surface area contributed by atoms with Crippen LogP contribution in [0, 0.1) is 0 Å². The standard InChI is InChI=1S/C30H22BNO2/c33-31(34)25-16-19-30-28(20-25)27-8-4-5-9-29(27)32(30)26-17-14-24(15-18-26)23-12-10-22(11-13-23)21-6-2-1-3-7-21/h1-20,33-34H/i4D,5D,8D,9D,16D,19D,20D. The zero-order valence-corrected chi connectivity index (χ0v) is 17.9. The topological polar surface area (TPSA) is 45.4 Å². The fourth-order valence-corrected chi connectivity index (χ4v) is 4.21. The van der Waals surface area contributed by atoms with E-state index in [9.17, 15) is 10.0 Å². The van der Waals surface area contributed by atoms with E-state index in [0.717, 1.165) is 22.3 Å². The van der Waals surface area contributed by atoms with Gasteiger partial charge >= 0.3 is 7.12 Å². The van der Waals surface area contributed by atoms with E-state index in [2.05, 4.69) is 0 Å². The number of nitrogens with zero attached hydrogens (tertiary/aromatic N) is 1. The SMILES string of the molecule is [2H]c1c([2H])c([2H])c2c(c1[2H])c1c([2H])c(B(O)O)c([2H])c([2H])c1n2-c1ccc(-c2ccc(-c3ccccc3)cc2)cc1. The van der Waals surface area contributed by atoms with Crippen molar-refractivity contribution in [3.8, 4) is 27.9 Å². The predicted molar refractivity (Wildman–Crippen MR) is 141 cm³/mol. The molecule has 162 valence electrons. The molecular formula is C30H22BNO2. The normalized spacial score (nSPS) is 14.1. The fraction of sp³-hybridized carbons (Fsp3) is 0. The summed E-state index contributed by atoms with van der Waals surface area (Å²) in [6.45, 7) is 0. The Balaban J connectivity index is 1.58. The van der Waals surface area contributed by atoms with Crippen molar-refractivity contribution in [1.29, 1.82) is 0 Å². The van der Waals surface area contributed by atoms with Crippen molar-refractivity contribution < 1.29 is 19.6 Å². The molecule has 0 saturated carbocycles. The summed E-state index contributed by atoms with van der Waals surface area (Å²) in [7, 11) is -2.20. The van der Waals surface area contributed by atoms with Crippen LogP contribution in [0.1, 0.15) is 9.60 Å². The molecule has 0 radical (unpaired) electrons. The summed E-state index contributed by atoms with van der Waals surface area (Å²) < 4.78 is 61.0. The summed E-state index contributed by atoms with van der Waals surface area (Å²) in [5, 5.41) is 19.7.